The monoisotopic (exact) mass is 354 g/mol. The van der Waals surface area contributed by atoms with Gasteiger partial charge >= 0.3 is 5.97 Å². The number of ether oxygens (including phenoxy) is 2. The van der Waals surface area contributed by atoms with Crippen LogP contribution in [0.25, 0.3) is 10.4 Å². The van der Waals surface area contributed by atoms with E-state index in [1.54, 1.807) is 13.8 Å². The van der Waals surface area contributed by atoms with Crippen LogP contribution in [0.15, 0.2) is 34.8 Å². The molecule has 1 fully saturated rings. The second-order valence-electron chi connectivity index (χ2n) is 5.83. The van der Waals surface area contributed by atoms with Gasteiger partial charge in [0.1, 0.15) is 11.7 Å². The molecule has 3 N–H and O–H groups in total. The molecule has 0 aromatic rings. The molecule has 0 spiro atoms. The van der Waals surface area contributed by atoms with Gasteiger partial charge in [-0.05, 0) is 11.6 Å². The molecular weight excluding hydrogens is 335 g/mol. The van der Waals surface area contributed by atoms with Gasteiger partial charge in [0.05, 0.1) is 12.5 Å². The Kier molecular flexibility index (Phi) is 5.31. The van der Waals surface area contributed by atoms with Crippen LogP contribution in [0.1, 0.15) is 13.8 Å². The van der Waals surface area contributed by atoms with Crippen molar-refractivity contribution in [1.29, 1.82) is 0 Å². The summed E-state index contributed by atoms with van der Waals surface area (Å²) in [6, 6.07) is 0. The van der Waals surface area contributed by atoms with Gasteiger partial charge in [0, 0.05) is 11.1 Å². The number of rotatable bonds is 5. The standard InChI is InChI=1S/C14H19FN6O4/c1-7(2)13(23)24-11-10(15)12(25-14(11,6-22)19-20-17)21-5-4-9(16)18-8(21)3/h4-5,7,10-12,22H,3,6H2,1-2H3,(H2,16,18)/t10-,11+,12-,14-/m1/s1. The summed E-state index contributed by atoms with van der Waals surface area (Å²) >= 11 is 0. The highest BCUT2D eigenvalue weighted by atomic mass is 19.1. The number of halogens is 1. The molecule has 2 aliphatic heterocycles. The summed E-state index contributed by atoms with van der Waals surface area (Å²) in [6.07, 6.45) is -2.20. The molecule has 0 aromatic carbocycles. The molecule has 25 heavy (non-hydrogen) atoms. The van der Waals surface area contributed by atoms with Crippen LogP contribution in [-0.4, -0.2) is 52.6 Å². The SMILES string of the molecule is C=C1N=C(N)C=CN1[C@@H]1O[C@@](CO)(N=[N+]=[N-])[C@@H](OC(=O)C(C)C)[C@H]1F. The third-order valence-corrected chi connectivity index (χ3v) is 3.72. The number of alkyl halides is 1. The van der Waals surface area contributed by atoms with E-state index in [0.717, 1.165) is 0 Å². The number of aliphatic hydroxyl groups excluding tert-OH is 1. The zero-order chi connectivity index (χ0) is 18.8. The van der Waals surface area contributed by atoms with E-state index in [2.05, 4.69) is 21.6 Å². The van der Waals surface area contributed by atoms with E-state index < -0.39 is 42.7 Å². The summed E-state index contributed by atoms with van der Waals surface area (Å²) in [7, 11) is 0. The molecule has 0 aromatic heterocycles. The van der Waals surface area contributed by atoms with Crippen molar-refractivity contribution in [3.63, 3.8) is 0 Å². The van der Waals surface area contributed by atoms with E-state index in [1.807, 2.05) is 0 Å². The second kappa shape index (κ2) is 7.09. The Morgan fingerprint density at radius 2 is 2.44 bits per heavy atom. The lowest BCUT2D eigenvalue weighted by Crippen LogP contribution is -2.46. The third-order valence-electron chi connectivity index (χ3n) is 3.72. The summed E-state index contributed by atoms with van der Waals surface area (Å²) < 4.78 is 25.6. The molecule has 2 aliphatic rings. The van der Waals surface area contributed by atoms with Crippen molar-refractivity contribution in [1.82, 2.24) is 4.90 Å². The van der Waals surface area contributed by atoms with E-state index in [4.69, 9.17) is 20.7 Å². The Hall–Kier alpha value is -2.62. The van der Waals surface area contributed by atoms with E-state index in [-0.39, 0.29) is 11.7 Å². The van der Waals surface area contributed by atoms with Crippen LogP contribution in [-0.2, 0) is 14.3 Å². The molecule has 136 valence electrons. The van der Waals surface area contributed by atoms with Crippen LogP contribution >= 0.6 is 0 Å². The number of nitrogens with zero attached hydrogens (tertiary/aromatic N) is 5. The Morgan fingerprint density at radius 3 is 2.96 bits per heavy atom. The van der Waals surface area contributed by atoms with Crippen LogP contribution < -0.4 is 5.73 Å². The first-order valence-electron chi connectivity index (χ1n) is 7.45. The van der Waals surface area contributed by atoms with Gasteiger partial charge in [-0.3, -0.25) is 4.79 Å². The second-order valence-corrected chi connectivity index (χ2v) is 5.83. The van der Waals surface area contributed by atoms with Crippen LogP contribution in [0.5, 0.6) is 0 Å². The van der Waals surface area contributed by atoms with Crippen molar-refractivity contribution in [3.8, 4) is 0 Å². The minimum atomic E-state index is -2.11. The molecule has 4 atom stereocenters. The molecule has 11 heteroatoms. The van der Waals surface area contributed by atoms with Crippen LogP contribution in [0.4, 0.5) is 4.39 Å². The lowest BCUT2D eigenvalue weighted by atomic mass is 10.1. The predicted molar refractivity (Wildman–Crippen MR) is 85.2 cm³/mol. The van der Waals surface area contributed by atoms with Gasteiger partial charge < -0.3 is 25.2 Å². The van der Waals surface area contributed by atoms with Crippen molar-refractivity contribution in [3.05, 3.63) is 35.1 Å². The lowest BCUT2D eigenvalue weighted by Gasteiger charge is -2.30. The van der Waals surface area contributed by atoms with E-state index in [1.165, 1.54) is 17.2 Å². The minimum absolute atomic E-state index is 0.0799. The van der Waals surface area contributed by atoms with Gasteiger partial charge in [0.25, 0.3) is 0 Å². The third kappa shape index (κ3) is 3.43. The molecule has 0 unspecified atom stereocenters. The highest BCUT2D eigenvalue weighted by Gasteiger charge is 2.60. The van der Waals surface area contributed by atoms with E-state index >= 15 is 4.39 Å². The van der Waals surface area contributed by atoms with Crippen LogP contribution in [0, 0.1) is 5.92 Å². The molecule has 0 aliphatic carbocycles. The Labute approximate surface area is 143 Å². The van der Waals surface area contributed by atoms with Crippen molar-refractivity contribution in [2.45, 2.75) is 38.1 Å². The fourth-order valence-corrected chi connectivity index (χ4v) is 2.40. The summed E-state index contributed by atoms with van der Waals surface area (Å²) in [5.41, 5.74) is 12.2. The van der Waals surface area contributed by atoms with Gasteiger partial charge in [0.2, 0.25) is 5.72 Å². The van der Waals surface area contributed by atoms with Crippen LogP contribution in [0.2, 0.25) is 0 Å². The predicted octanol–water partition coefficient (Wildman–Crippen LogP) is 0.905. The average molecular weight is 354 g/mol. The number of hydrogen-bond acceptors (Lipinski definition) is 8. The van der Waals surface area contributed by atoms with Gasteiger partial charge in [-0.15, -0.1) is 0 Å². The Balaban J connectivity index is 2.37. The van der Waals surface area contributed by atoms with Gasteiger partial charge in [-0.1, -0.05) is 25.5 Å². The first-order chi connectivity index (χ1) is 11.8. The first kappa shape index (κ1) is 18.7. The number of aliphatic hydroxyl groups is 1. The van der Waals surface area contributed by atoms with Gasteiger partial charge in [-0.2, -0.15) is 0 Å². The number of amidine groups is 1. The van der Waals surface area contributed by atoms with Crippen molar-refractivity contribution >= 4 is 11.8 Å². The molecule has 0 bridgehead atoms. The summed E-state index contributed by atoms with van der Waals surface area (Å²) in [4.78, 5) is 19.6. The van der Waals surface area contributed by atoms with E-state index in [0.29, 0.717) is 0 Å². The van der Waals surface area contributed by atoms with Gasteiger partial charge in [-0.25, -0.2) is 9.38 Å². The normalized spacial score (nSPS) is 31.7. The molecule has 2 heterocycles. The maximum atomic E-state index is 15.0. The maximum absolute atomic E-state index is 15.0. The fourth-order valence-electron chi connectivity index (χ4n) is 2.40. The summed E-state index contributed by atoms with van der Waals surface area (Å²) in [6.45, 7) is 5.87. The summed E-state index contributed by atoms with van der Waals surface area (Å²) in [5, 5.41) is 13.0. The quantitative estimate of drug-likeness (QED) is 0.325. The largest absolute Gasteiger partial charge is 0.456 e. The van der Waals surface area contributed by atoms with Crippen molar-refractivity contribution < 1.29 is 23.8 Å². The zero-order valence-electron chi connectivity index (χ0n) is 13.7. The number of aliphatic imine (C=N–C) groups is 1. The summed E-state index contributed by atoms with van der Waals surface area (Å²) in [5.74, 6) is -1.03. The molecular formula is C14H19FN6O4. The number of carbonyl (C=O) groups is 1. The number of azide groups is 1. The molecule has 0 amide bonds. The average Bonchev–Trinajstić information content (AvgIpc) is 2.81. The molecule has 1 saturated heterocycles. The number of carbonyl (C=O) groups excluding carboxylic acids is 1. The number of hydrogen-bond donors (Lipinski definition) is 2. The molecule has 2 rings (SSSR count). The Morgan fingerprint density at radius 1 is 1.76 bits per heavy atom. The highest BCUT2D eigenvalue weighted by molar-refractivity contribution is 5.92. The zero-order valence-corrected chi connectivity index (χ0v) is 13.7. The van der Waals surface area contributed by atoms with E-state index in [9.17, 15) is 9.90 Å². The number of esters is 1. The topological polar surface area (TPSA) is 146 Å². The first-order valence-corrected chi connectivity index (χ1v) is 7.45. The minimum Gasteiger partial charge on any atom is -0.456 e. The molecule has 0 radical (unpaired) electrons. The smallest absolute Gasteiger partial charge is 0.308 e. The lowest BCUT2D eigenvalue weighted by molar-refractivity contribution is -0.171. The number of nitrogens with two attached hydrogens (primary N) is 1. The highest BCUT2D eigenvalue weighted by Crippen LogP contribution is 2.40. The maximum Gasteiger partial charge on any atom is 0.308 e. The molecule has 0 saturated carbocycles. The van der Waals surface area contributed by atoms with Crippen LogP contribution in [0.3, 0.4) is 0 Å². The van der Waals surface area contributed by atoms with Crippen molar-refractivity contribution in [2.24, 2.45) is 21.8 Å². The Bertz CT molecular complexity index is 674. The van der Waals surface area contributed by atoms with Gasteiger partial charge in [0.15, 0.2) is 18.5 Å². The van der Waals surface area contributed by atoms with Crippen molar-refractivity contribution in [2.75, 3.05) is 6.61 Å². The fraction of sp³-hybridized carbons (Fsp3) is 0.571. The molecule has 10 nitrogen and oxygen atoms in total.